The quantitative estimate of drug-likeness (QED) is 0.666. The van der Waals surface area contributed by atoms with Crippen LogP contribution in [-0.2, 0) is 16.1 Å². The summed E-state index contributed by atoms with van der Waals surface area (Å²) in [4.78, 5) is 24.0. The molecule has 1 heterocycles. The number of nitrogens with zero attached hydrogens (tertiary/aromatic N) is 1. The number of carbonyl (C=O) groups excluding carboxylic acids is 2. The molecule has 0 aliphatic heterocycles. The molecule has 1 aromatic heterocycles. The summed E-state index contributed by atoms with van der Waals surface area (Å²) in [7, 11) is 0. The number of hydrogen-bond donors (Lipinski definition) is 2. The molecular weight excluding hydrogens is 373 g/mol. The van der Waals surface area contributed by atoms with Crippen LogP contribution in [0.5, 0.6) is 0 Å². The number of hydrogen-bond acceptors (Lipinski definition) is 2. The average Bonchev–Trinajstić information content (AvgIpc) is 3.04. The summed E-state index contributed by atoms with van der Waals surface area (Å²) in [5, 5.41) is 7.21. The highest BCUT2D eigenvalue weighted by molar-refractivity contribution is 6.35. The molecule has 0 saturated carbocycles. The number of rotatable bonds is 6. The highest BCUT2D eigenvalue weighted by atomic mass is 35.5. The number of para-hydroxylation sites is 1. The average molecular weight is 390 g/mol. The summed E-state index contributed by atoms with van der Waals surface area (Å²) in [6, 6.07) is 14.8. The van der Waals surface area contributed by atoms with Crippen LogP contribution in [0, 0.1) is 0 Å². The largest absolute Gasteiger partial charge is 0.347 e. The Kier molecular flexibility index (Phi) is 5.81. The molecule has 134 valence electrons. The van der Waals surface area contributed by atoms with Crippen LogP contribution in [0.1, 0.15) is 6.42 Å². The number of amides is 2. The molecule has 3 rings (SSSR count). The van der Waals surface area contributed by atoms with Gasteiger partial charge < -0.3 is 15.2 Å². The highest BCUT2D eigenvalue weighted by Crippen LogP contribution is 2.25. The zero-order valence-corrected chi connectivity index (χ0v) is 15.3. The van der Waals surface area contributed by atoms with Crippen molar-refractivity contribution < 1.29 is 9.59 Å². The number of benzene rings is 2. The van der Waals surface area contributed by atoms with Crippen LogP contribution < -0.4 is 10.6 Å². The van der Waals surface area contributed by atoms with Gasteiger partial charge in [0.2, 0.25) is 11.8 Å². The van der Waals surface area contributed by atoms with Gasteiger partial charge >= 0.3 is 0 Å². The maximum atomic E-state index is 12.0. The van der Waals surface area contributed by atoms with E-state index < -0.39 is 0 Å². The van der Waals surface area contributed by atoms with Crippen LogP contribution in [0.3, 0.4) is 0 Å². The molecular formula is C19H17Cl2N3O2. The first-order valence-electron chi connectivity index (χ1n) is 8.08. The summed E-state index contributed by atoms with van der Waals surface area (Å²) in [5.41, 5.74) is 1.49. The van der Waals surface area contributed by atoms with E-state index in [0.717, 1.165) is 10.9 Å². The number of fused-ring (bicyclic) bond motifs is 1. The molecule has 0 aliphatic carbocycles. The summed E-state index contributed by atoms with van der Waals surface area (Å²) in [6.45, 7) is 0.412. The molecule has 2 N–H and O–H groups in total. The third-order valence-corrected chi connectivity index (χ3v) is 4.47. The first kappa shape index (κ1) is 18.3. The topological polar surface area (TPSA) is 63.1 Å². The molecule has 0 unspecified atom stereocenters. The molecule has 0 fully saturated rings. The monoisotopic (exact) mass is 389 g/mol. The van der Waals surface area contributed by atoms with Crippen molar-refractivity contribution in [3.63, 3.8) is 0 Å². The molecule has 5 nitrogen and oxygen atoms in total. The Morgan fingerprint density at radius 1 is 1.00 bits per heavy atom. The van der Waals surface area contributed by atoms with Gasteiger partial charge in [0.05, 0.1) is 17.3 Å². The maximum Gasteiger partial charge on any atom is 0.243 e. The smallest absolute Gasteiger partial charge is 0.243 e. The fourth-order valence-corrected chi connectivity index (χ4v) is 2.95. The Bertz CT molecular complexity index is 953. The second-order valence-corrected chi connectivity index (χ2v) is 6.61. The van der Waals surface area contributed by atoms with Crippen molar-refractivity contribution in [2.45, 2.75) is 13.0 Å². The third kappa shape index (κ3) is 4.56. The first-order chi connectivity index (χ1) is 12.5. The van der Waals surface area contributed by atoms with Crippen molar-refractivity contribution in [3.05, 3.63) is 64.8 Å². The van der Waals surface area contributed by atoms with Gasteiger partial charge in [-0.25, -0.2) is 0 Å². The van der Waals surface area contributed by atoms with E-state index in [9.17, 15) is 9.59 Å². The van der Waals surface area contributed by atoms with Gasteiger partial charge in [-0.3, -0.25) is 9.59 Å². The minimum atomic E-state index is -0.367. The SMILES string of the molecule is O=C(CCn1ccc2ccccc21)NCC(=O)Nc1cc(Cl)ccc1Cl. The minimum absolute atomic E-state index is 0.131. The van der Waals surface area contributed by atoms with Crippen LogP contribution in [0.15, 0.2) is 54.7 Å². The van der Waals surface area contributed by atoms with E-state index in [2.05, 4.69) is 10.6 Å². The lowest BCUT2D eigenvalue weighted by molar-refractivity contribution is -0.124. The molecule has 26 heavy (non-hydrogen) atoms. The maximum absolute atomic E-state index is 12.0. The lowest BCUT2D eigenvalue weighted by Crippen LogP contribution is -2.33. The summed E-state index contributed by atoms with van der Waals surface area (Å²) >= 11 is 11.9. The van der Waals surface area contributed by atoms with E-state index in [4.69, 9.17) is 23.2 Å². The van der Waals surface area contributed by atoms with Crippen LogP contribution in [0.2, 0.25) is 10.0 Å². The molecule has 0 saturated heterocycles. The van der Waals surface area contributed by atoms with Gasteiger partial charge in [-0.1, -0.05) is 41.4 Å². The van der Waals surface area contributed by atoms with E-state index in [1.54, 1.807) is 18.2 Å². The van der Waals surface area contributed by atoms with Gasteiger partial charge in [-0.2, -0.15) is 0 Å². The van der Waals surface area contributed by atoms with Gasteiger partial charge in [0.25, 0.3) is 0 Å². The van der Waals surface area contributed by atoms with Crippen LogP contribution in [-0.4, -0.2) is 22.9 Å². The second kappa shape index (κ2) is 8.25. The van der Waals surface area contributed by atoms with Crippen molar-refractivity contribution in [2.75, 3.05) is 11.9 Å². The molecule has 7 heteroatoms. The van der Waals surface area contributed by atoms with Crippen molar-refractivity contribution >= 4 is 51.6 Å². The number of carbonyl (C=O) groups is 2. The fraction of sp³-hybridized carbons (Fsp3) is 0.158. The van der Waals surface area contributed by atoms with Gasteiger partial charge in [0, 0.05) is 29.7 Å². The summed E-state index contributed by atoms with van der Waals surface area (Å²) < 4.78 is 2.01. The van der Waals surface area contributed by atoms with Crippen molar-refractivity contribution in [2.24, 2.45) is 0 Å². The molecule has 0 spiro atoms. The Labute approximate surface area is 160 Å². The Hall–Kier alpha value is -2.50. The number of halogens is 2. The van der Waals surface area contributed by atoms with Gasteiger partial charge in [0.15, 0.2) is 0 Å². The Morgan fingerprint density at radius 3 is 2.65 bits per heavy atom. The zero-order chi connectivity index (χ0) is 18.5. The predicted octanol–water partition coefficient (Wildman–Crippen LogP) is 4.09. The van der Waals surface area contributed by atoms with E-state index in [0.29, 0.717) is 22.3 Å². The standard InChI is InChI=1S/C19H17Cl2N3O2/c20-14-5-6-15(21)16(11-14)23-19(26)12-22-18(25)8-10-24-9-7-13-3-1-2-4-17(13)24/h1-7,9,11H,8,10,12H2,(H,22,25)(H,23,26). The Balaban J connectivity index is 1.48. The number of anilines is 1. The number of aryl methyl sites for hydroxylation is 1. The lowest BCUT2D eigenvalue weighted by atomic mass is 10.2. The van der Waals surface area contributed by atoms with Crippen LogP contribution >= 0.6 is 23.2 Å². The minimum Gasteiger partial charge on any atom is -0.347 e. The van der Waals surface area contributed by atoms with Crippen molar-refractivity contribution in [1.29, 1.82) is 0 Å². The van der Waals surface area contributed by atoms with E-state index in [1.165, 1.54) is 0 Å². The molecule has 2 amide bonds. The van der Waals surface area contributed by atoms with Crippen LogP contribution in [0.4, 0.5) is 5.69 Å². The van der Waals surface area contributed by atoms with Gasteiger partial charge in [0.1, 0.15) is 0 Å². The third-order valence-electron chi connectivity index (χ3n) is 3.91. The molecule has 0 bridgehead atoms. The fourth-order valence-electron chi connectivity index (χ4n) is 2.61. The van der Waals surface area contributed by atoms with E-state index >= 15 is 0 Å². The zero-order valence-electron chi connectivity index (χ0n) is 13.8. The number of aromatic nitrogens is 1. The lowest BCUT2D eigenvalue weighted by Gasteiger charge is -2.09. The molecule has 0 atom stereocenters. The summed E-state index contributed by atoms with van der Waals surface area (Å²) in [6.07, 6.45) is 2.23. The first-order valence-corrected chi connectivity index (χ1v) is 8.84. The van der Waals surface area contributed by atoms with Crippen LogP contribution in [0.25, 0.3) is 10.9 Å². The van der Waals surface area contributed by atoms with E-state index in [1.807, 2.05) is 41.1 Å². The normalized spacial score (nSPS) is 10.7. The molecule has 2 aromatic carbocycles. The van der Waals surface area contributed by atoms with Crippen molar-refractivity contribution in [3.8, 4) is 0 Å². The molecule has 0 radical (unpaired) electrons. The van der Waals surface area contributed by atoms with Gasteiger partial charge in [-0.15, -0.1) is 0 Å². The predicted molar refractivity (Wildman–Crippen MR) is 105 cm³/mol. The molecule has 3 aromatic rings. The summed E-state index contributed by atoms with van der Waals surface area (Å²) in [5.74, 6) is -0.566. The second-order valence-electron chi connectivity index (χ2n) is 5.77. The number of nitrogens with one attached hydrogen (secondary N) is 2. The van der Waals surface area contributed by atoms with Crippen molar-refractivity contribution in [1.82, 2.24) is 9.88 Å². The highest BCUT2D eigenvalue weighted by Gasteiger charge is 2.09. The van der Waals surface area contributed by atoms with Gasteiger partial charge in [-0.05, 0) is 35.7 Å². The molecule has 0 aliphatic rings. The van der Waals surface area contributed by atoms with E-state index in [-0.39, 0.29) is 24.8 Å². The Morgan fingerprint density at radius 2 is 1.81 bits per heavy atom.